The molecule has 1 amide bonds. The summed E-state index contributed by atoms with van der Waals surface area (Å²) in [6.45, 7) is 9.50. The Morgan fingerprint density at radius 1 is 1.31 bits per heavy atom. The molecule has 4 heteroatoms. The van der Waals surface area contributed by atoms with Crippen LogP contribution in [0.5, 0.6) is 0 Å². The summed E-state index contributed by atoms with van der Waals surface area (Å²) in [6, 6.07) is 8.66. The summed E-state index contributed by atoms with van der Waals surface area (Å²) < 4.78 is 2.09. The molecule has 1 aliphatic carbocycles. The summed E-state index contributed by atoms with van der Waals surface area (Å²) in [4.78, 5) is 12.6. The zero-order valence-corrected chi connectivity index (χ0v) is 16.5. The van der Waals surface area contributed by atoms with Crippen LogP contribution in [0.2, 0.25) is 0 Å². The largest absolute Gasteiger partial charge is 0.349 e. The Kier molecular flexibility index (Phi) is 5.80. The van der Waals surface area contributed by atoms with Gasteiger partial charge in [0.25, 0.3) is 0 Å². The Bertz CT molecular complexity index is 776. The van der Waals surface area contributed by atoms with Crippen LogP contribution in [-0.2, 0) is 24.2 Å². The van der Waals surface area contributed by atoms with Crippen LogP contribution in [0.3, 0.4) is 0 Å². The Labute approximate surface area is 157 Å². The highest BCUT2D eigenvalue weighted by molar-refractivity contribution is 5.77. The van der Waals surface area contributed by atoms with E-state index in [4.69, 9.17) is 0 Å². The highest BCUT2D eigenvalue weighted by Crippen LogP contribution is 2.29. The maximum atomic E-state index is 12.6. The van der Waals surface area contributed by atoms with Gasteiger partial charge in [0, 0.05) is 18.7 Å². The van der Waals surface area contributed by atoms with Gasteiger partial charge in [0.1, 0.15) is 0 Å². The van der Waals surface area contributed by atoms with Gasteiger partial charge in [0.05, 0.1) is 11.7 Å². The van der Waals surface area contributed by atoms with Crippen LogP contribution in [-0.4, -0.2) is 15.7 Å². The van der Waals surface area contributed by atoms with Crippen molar-refractivity contribution in [3.8, 4) is 0 Å². The van der Waals surface area contributed by atoms with Gasteiger partial charge in [-0.15, -0.1) is 0 Å². The van der Waals surface area contributed by atoms with Crippen LogP contribution in [0.4, 0.5) is 0 Å². The van der Waals surface area contributed by atoms with Gasteiger partial charge in [0.2, 0.25) is 5.91 Å². The summed E-state index contributed by atoms with van der Waals surface area (Å²) in [5.41, 5.74) is 6.16. The van der Waals surface area contributed by atoms with Crippen molar-refractivity contribution < 1.29 is 4.79 Å². The standard InChI is InChI=1S/C22H31N3O/c1-15(2)14-25-17(4)19(16(3)24-25)12-13-22(26)23-21-11-7-9-18-8-5-6-10-20(18)21/h5-6,8,10,15,21H,7,9,11-14H2,1-4H3,(H,23,26). The number of aromatic nitrogens is 2. The van der Waals surface area contributed by atoms with E-state index in [1.165, 1.54) is 22.4 Å². The summed E-state index contributed by atoms with van der Waals surface area (Å²) in [6.07, 6.45) is 4.58. The first-order chi connectivity index (χ1) is 12.5. The number of carbonyl (C=O) groups excluding carboxylic acids is 1. The summed E-state index contributed by atoms with van der Waals surface area (Å²) >= 11 is 0. The third kappa shape index (κ3) is 4.17. The molecule has 0 radical (unpaired) electrons. The third-order valence-corrected chi connectivity index (χ3v) is 5.38. The molecule has 1 unspecified atom stereocenters. The van der Waals surface area contributed by atoms with E-state index in [-0.39, 0.29) is 11.9 Å². The quantitative estimate of drug-likeness (QED) is 0.842. The Morgan fingerprint density at radius 3 is 2.85 bits per heavy atom. The van der Waals surface area contributed by atoms with Gasteiger partial charge in [0.15, 0.2) is 0 Å². The lowest BCUT2D eigenvalue weighted by Crippen LogP contribution is -2.31. The van der Waals surface area contributed by atoms with E-state index in [2.05, 4.69) is 67.1 Å². The molecule has 1 heterocycles. The minimum Gasteiger partial charge on any atom is -0.349 e. The van der Waals surface area contributed by atoms with Crippen molar-refractivity contribution in [1.29, 1.82) is 0 Å². The van der Waals surface area contributed by atoms with Gasteiger partial charge >= 0.3 is 0 Å². The molecule has 0 bridgehead atoms. The van der Waals surface area contributed by atoms with E-state index in [0.717, 1.165) is 37.9 Å². The number of amides is 1. The molecule has 1 N–H and O–H groups in total. The third-order valence-electron chi connectivity index (χ3n) is 5.38. The molecule has 3 rings (SSSR count). The van der Waals surface area contributed by atoms with Crippen molar-refractivity contribution in [3.05, 3.63) is 52.3 Å². The monoisotopic (exact) mass is 353 g/mol. The molecule has 0 saturated carbocycles. The molecule has 1 aliphatic rings. The molecule has 0 spiro atoms. The highest BCUT2D eigenvalue weighted by atomic mass is 16.1. The predicted octanol–water partition coefficient (Wildman–Crippen LogP) is 4.28. The number of hydrogen-bond donors (Lipinski definition) is 1. The molecule has 0 saturated heterocycles. The van der Waals surface area contributed by atoms with Crippen molar-refractivity contribution in [2.45, 2.75) is 72.4 Å². The molecule has 26 heavy (non-hydrogen) atoms. The van der Waals surface area contributed by atoms with Crippen molar-refractivity contribution >= 4 is 5.91 Å². The van der Waals surface area contributed by atoms with Crippen LogP contribution >= 0.6 is 0 Å². The number of hydrogen-bond acceptors (Lipinski definition) is 2. The Balaban J connectivity index is 1.61. The SMILES string of the molecule is Cc1nn(CC(C)C)c(C)c1CCC(=O)NC1CCCc2ccccc21. The van der Waals surface area contributed by atoms with E-state index < -0.39 is 0 Å². The maximum absolute atomic E-state index is 12.6. The number of rotatable bonds is 6. The predicted molar refractivity (Wildman–Crippen MR) is 105 cm³/mol. The first kappa shape index (κ1) is 18.7. The number of fused-ring (bicyclic) bond motifs is 1. The molecular weight excluding hydrogens is 322 g/mol. The average Bonchev–Trinajstić information content (AvgIpc) is 2.86. The van der Waals surface area contributed by atoms with Crippen molar-refractivity contribution in [2.75, 3.05) is 0 Å². The molecule has 4 nitrogen and oxygen atoms in total. The van der Waals surface area contributed by atoms with E-state index in [1.807, 2.05) is 0 Å². The van der Waals surface area contributed by atoms with Crippen LogP contribution in [0.25, 0.3) is 0 Å². The molecule has 2 aromatic rings. The number of nitrogens with one attached hydrogen (secondary N) is 1. The number of nitrogens with zero attached hydrogens (tertiary/aromatic N) is 2. The second-order valence-electron chi connectivity index (χ2n) is 7.94. The van der Waals surface area contributed by atoms with Crippen molar-refractivity contribution in [1.82, 2.24) is 15.1 Å². The fourth-order valence-corrected chi connectivity index (χ4v) is 4.03. The smallest absolute Gasteiger partial charge is 0.220 e. The summed E-state index contributed by atoms with van der Waals surface area (Å²) in [5, 5.41) is 7.92. The zero-order chi connectivity index (χ0) is 18.7. The summed E-state index contributed by atoms with van der Waals surface area (Å²) in [7, 11) is 0. The van der Waals surface area contributed by atoms with Gasteiger partial charge in [-0.25, -0.2) is 0 Å². The van der Waals surface area contributed by atoms with Gasteiger partial charge in [-0.1, -0.05) is 38.1 Å². The lowest BCUT2D eigenvalue weighted by Gasteiger charge is -2.26. The average molecular weight is 354 g/mol. The van der Waals surface area contributed by atoms with Gasteiger partial charge in [-0.3, -0.25) is 9.48 Å². The van der Waals surface area contributed by atoms with Crippen LogP contribution in [0.1, 0.15) is 67.2 Å². The summed E-state index contributed by atoms with van der Waals surface area (Å²) in [5.74, 6) is 0.706. The second-order valence-corrected chi connectivity index (χ2v) is 7.94. The highest BCUT2D eigenvalue weighted by Gasteiger charge is 2.21. The maximum Gasteiger partial charge on any atom is 0.220 e. The topological polar surface area (TPSA) is 46.9 Å². The van der Waals surface area contributed by atoms with Crippen molar-refractivity contribution in [2.24, 2.45) is 5.92 Å². The van der Waals surface area contributed by atoms with Gasteiger partial charge in [-0.2, -0.15) is 5.10 Å². The van der Waals surface area contributed by atoms with E-state index >= 15 is 0 Å². The molecular formula is C22H31N3O. The van der Waals surface area contributed by atoms with Crippen molar-refractivity contribution in [3.63, 3.8) is 0 Å². The fraction of sp³-hybridized carbons (Fsp3) is 0.545. The first-order valence-electron chi connectivity index (χ1n) is 9.85. The minimum absolute atomic E-state index is 0.141. The first-order valence-corrected chi connectivity index (χ1v) is 9.85. The Hall–Kier alpha value is -2.10. The molecule has 0 fully saturated rings. The number of carbonyl (C=O) groups is 1. The lowest BCUT2D eigenvalue weighted by atomic mass is 9.87. The fourth-order valence-electron chi connectivity index (χ4n) is 4.03. The Morgan fingerprint density at radius 2 is 2.08 bits per heavy atom. The van der Waals surface area contributed by atoms with Crippen LogP contribution < -0.4 is 5.32 Å². The number of benzene rings is 1. The van der Waals surface area contributed by atoms with Gasteiger partial charge < -0.3 is 5.32 Å². The molecule has 1 aromatic heterocycles. The normalized spacial score (nSPS) is 16.6. The second kappa shape index (κ2) is 8.07. The lowest BCUT2D eigenvalue weighted by molar-refractivity contribution is -0.121. The van der Waals surface area contributed by atoms with E-state index in [9.17, 15) is 4.79 Å². The van der Waals surface area contributed by atoms with E-state index in [0.29, 0.717) is 12.3 Å². The molecule has 0 aliphatic heterocycles. The number of aryl methyl sites for hydroxylation is 2. The minimum atomic E-state index is 0.141. The zero-order valence-electron chi connectivity index (χ0n) is 16.5. The van der Waals surface area contributed by atoms with Crippen LogP contribution in [0, 0.1) is 19.8 Å². The van der Waals surface area contributed by atoms with Crippen LogP contribution in [0.15, 0.2) is 24.3 Å². The molecule has 140 valence electrons. The molecule has 1 atom stereocenters. The van der Waals surface area contributed by atoms with Gasteiger partial charge in [-0.05, 0) is 62.1 Å². The molecule has 1 aromatic carbocycles. The van der Waals surface area contributed by atoms with E-state index in [1.54, 1.807) is 0 Å².